The number of rotatable bonds is 9. The number of hydrogen-bond donors (Lipinski definition) is 1. The number of methoxy groups -OCH3 is 3. The highest BCUT2D eigenvalue weighted by Gasteiger charge is 2.17. The molecule has 0 saturated carbocycles. The van der Waals surface area contributed by atoms with Crippen molar-refractivity contribution in [3.63, 3.8) is 0 Å². The van der Waals surface area contributed by atoms with Gasteiger partial charge >= 0.3 is 5.97 Å². The van der Waals surface area contributed by atoms with Gasteiger partial charge in [-0.25, -0.2) is 0 Å². The number of Topliss-reactive ketones (excluding diaryl/α,β-unsaturated/α-hetero) is 1. The molecule has 0 aliphatic rings. The lowest BCUT2D eigenvalue weighted by Gasteiger charge is -2.13. The van der Waals surface area contributed by atoms with E-state index in [1.165, 1.54) is 21.3 Å². The molecule has 0 amide bonds. The summed E-state index contributed by atoms with van der Waals surface area (Å²) in [7, 11) is 4.47. The van der Waals surface area contributed by atoms with Crippen molar-refractivity contribution in [1.82, 2.24) is 0 Å². The topological polar surface area (TPSA) is 82.1 Å². The van der Waals surface area contributed by atoms with E-state index in [9.17, 15) is 9.59 Å². The predicted molar refractivity (Wildman–Crippen MR) is 76.5 cm³/mol. The molecule has 0 aliphatic heterocycles. The van der Waals surface area contributed by atoms with Crippen LogP contribution in [0.25, 0.3) is 0 Å². The Morgan fingerprint density at radius 1 is 0.905 bits per heavy atom. The molecule has 0 heterocycles. The van der Waals surface area contributed by atoms with Crippen molar-refractivity contribution in [2.45, 2.75) is 25.7 Å². The zero-order valence-corrected chi connectivity index (χ0v) is 12.5. The zero-order chi connectivity index (χ0) is 15.8. The van der Waals surface area contributed by atoms with E-state index in [4.69, 9.17) is 19.3 Å². The Morgan fingerprint density at radius 2 is 1.43 bits per heavy atom. The molecule has 116 valence electrons. The summed E-state index contributed by atoms with van der Waals surface area (Å²) < 4.78 is 15.5. The van der Waals surface area contributed by atoms with Gasteiger partial charge < -0.3 is 19.3 Å². The van der Waals surface area contributed by atoms with Crippen LogP contribution in [0.4, 0.5) is 0 Å². The molecule has 6 heteroatoms. The summed E-state index contributed by atoms with van der Waals surface area (Å²) >= 11 is 0. The second kappa shape index (κ2) is 8.14. The minimum absolute atomic E-state index is 0.0658. The molecule has 0 fully saturated rings. The van der Waals surface area contributed by atoms with Crippen LogP contribution in [0.5, 0.6) is 17.2 Å². The summed E-state index contributed by atoms with van der Waals surface area (Å²) in [6.07, 6.45) is 1.31. The average Bonchev–Trinajstić information content (AvgIpc) is 2.49. The molecule has 1 N–H and O–H groups in total. The van der Waals surface area contributed by atoms with Gasteiger partial charge in [-0.2, -0.15) is 0 Å². The van der Waals surface area contributed by atoms with Crippen LogP contribution < -0.4 is 14.2 Å². The lowest BCUT2D eigenvalue weighted by atomic mass is 10.0. The highest BCUT2D eigenvalue weighted by molar-refractivity contribution is 5.99. The number of unbranched alkanes of at least 4 members (excludes halogenated alkanes) is 1. The molecule has 1 rings (SSSR count). The molecule has 0 radical (unpaired) electrons. The molecule has 0 aromatic heterocycles. The van der Waals surface area contributed by atoms with Gasteiger partial charge in [-0.15, -0.1) is 0 Å². The van der Waals surface area contributed by atoms with Gasteiger partial charge in [0.15, 0.2) is 17.3 Å². The Balaban J connectivity index is 2.84. The van der Waals surface area contributed by atoms with E-state index in [0.29, 0.717) is 35.7 Å². The largest absolute Gasteiger partial charge is 0.496 e. The number of ether oxygens (including phenoxy) is 3. The van der Waals surface area contributed by atoms with Gasteiger partial charge in [0.1, 0.15) is 5.75 Å². The van der Waals surface area contributed by atoms with Crippen LogP contribution in [0.15, 0.2) is 12.1 Å². The fourth-order valence-corrected chi connectivity index (χ4v) is 1.94. The van der Waals surface area contributed by atoms with Crippen molar-refractivity contribution in [2.24, 2.45) is 0 Å². The SMILES string of the molecule is COc1cc(OC)c(C(=O)CCCCC(=O)O)cc1OC. The number of hydrogen-bond acceptors (Lipinski definition) is 5. The van der Waals surface area contributed by atoms with Crippen molar-refractivity contribution in [2.75, 3.05) is 21.3 Å². The maximum Gasteiger partial charge on any atom is 0.303 e. The van der Waals surface area contributed by atoms with Gasteiger partial charge in [0, 0.05) is 18.9 Å². The molecule has 0 spiro atoms. The maximum atomic E-state index is 12.2. The number of ketones is 1. The van der Waals surface area contributed by atoms with Crippen LogP contribution in [0, 0.1) is 0 Å². The Kier molecular flexibility index (Phi) is 6.52. The van der Waals surface area contributed by atoms with E-state index in [0.717, 1.165) is 0 Å². The highest BCUT2D eigenvalue weighted by Crippen LogP contribution is 2.35. The number of aliphatic carboxylic acids is 1. The predicted octanol–water partition coefficient (Wildman–Crippen LogP) is 2.54. The monoisotopic (exact) mass is 296 g/mol. The number of carboxylic acid groups (broad SMARTS) is 1. The fraction of sp³-hybridized carbons (Fsp3) is 0.467. The molecule has 0 aliphatic carbocycles. The van der Waals surface area contributed by atoms with Crippen LogP contribution in [0.2, 0.25) is 0 Å². The van der Waals surface area contributed by atoms with Crippen LogP contribution >= 0.6 is 0 Å². The summed E-state index contributed by atoms with van der Waals surface area (Å²) in [6.45, 7) is 0. The molecule has 0 unspecified atom stereocenters. The molecular weight excluding hydrogens is 276 g/mol. The van der Waals surface area contributed by atoms with E-state index in [-0.39, 0.29) is 18.6 Å². The minimum atomic E-state index is -0.855. The van der Waals surface area contributed by atoms with Crippen LogP contribution in [0.1, 0.15) is 36.0 Å². The Bertz CT molecular complexity index is 509. The third kappa shape index (κ3) is 4.66. The highest BCUT2D eigenvalue weighted by atomic mass is 16.5. The van der Waals surface area contributed by atoms with Crippen molar-refractivity contribution < 1.29 is 28.9 Å². The summed E-state index contributed by atoms with van der Waals surface area (Å²) in [4.78, 5) is 22.6. The van der Waals surface area contributed by atoms with Crippen LogP contribution in [-0.2, 0) is 4.79 Å². The van der Waals surface area contributed by atoms with E-state index in [1.807, 2.05) is 0 Å². The quantitative estimate of drug-likeness (QED) is 0.557. The van der Waals surface area contributed by atoms with Crippen LogP contribution in [-0.4, -0.2) is 38.2 Å². The first kappa shape index (κ1) is 16.8. The van der Waals surface area contributed by atoms with Gasteiger partial charge in [-0.1, -0.05) is 0 Å². The Labute approximate surface area is 123 Å². The molecule has 6 nitrogen and oxygen atoms in total. The molecule has 0 saturated heterocycles. The lowest BCUT2D eigenvalue weighted by Crippen LogP contribution is -2.04. The van der Waals surface area contributed by atoms with E-state index < -0.39 is 5.97 Å². The van der Waals surface area contributed by atoms with E-state index >= 15 is 0 Å². The Hall–Kier alpha value is -2.24. The van der Waals surface area contributed by atoms with Gasteiger partial charge in [-0.05, 0) is 18.9 Å². The maximum absolute atomic E-state index is 12.2. The van der Waals surface area contributed by atoms with Crippen LogP contribution in [0.3, 0.4) is 0 Å². The Morgan fingerprint density at radius 3 is 1.95 bits per heavy atom. The minimum Gasteiger partial charge on any atom is -0.496 e. The van der Waals surface area contributed by atoms with Crippen molar-refractivity contribution in [1.29, 1.82) is 0 Å². The number of carboxylic acids is 1. The first-order chi connectivity index (χ1) is 10.0. The van der Waals surface area contributed by atoms with Gasteiger partial charge in [0.25, 0.3) is 0 Å². The van der Waals surface area contributed by atoms with Crippen molar-refractivity contribution in [3.05, 3.63) is 17.7 Å². The fourth-order valence-electron chi connectivity index (χ4n) is 1.94. The first-order valence-electron chi connectivity index (χ1n) is 6.58. The second-order valence-electron chi connectivity index (χ2n) is 4.43. The van der Waals surface area contributed by atoms with Crippen molar-refractivity contribution >= 4 is 11.8 Å². The summed E-state index contributed by atoms with van der Waals surface area (Å²) in [5.74, 6) is 0.379. The van der Waals surface area contributed by atoms with Crippen molar-refractivity contribution in [3.8, 4) is 17.2 Å². The van der Waals surface area contributed by atoms with Gasteiger partial charge in [0.2, 0.25) is 0 Å². The summed E-state index contributed by atoms with van der Waals surface area (Å²) in [5, 5.41) is 8.57. The smallest absolute Gasteiger partial charge is 0.303 e. The number of carbonyl (C=O) groups excluding carboxylic acids is 1. The molecule has 21 heavy (non-hydrogen) atoms. The van der Waals surface area contributed by atoms with E-state index in [2.05, 4.69) is 0 Å². The molecular formula is C15H20O6. The molecule has 1 aromatic rings. The third-order valence-corrected chi connectivity index (χ3v) is 3.05. The van der Waals surface area contributed by atoms with Gasteiger partial charge in [-0.3, -0.25) is 9.59 Å². The molecule has 1 aromatic carbocycles. The first-order valence-corrected chi connectivity index (χ1v) is 6.58. The summed E-state index contributed by atoms with van der Waals surface area (Å²) in [6, 6.07) is 3.18. The summed E-state index contributed by atoms with van der Waals surface area (Å²) in [5.41, 5.74) is 0.408. The lowest BCUT2D eigenvalue weighted by molar-refractivity contribution is -0.137. The second-order valence-corrected chi connectivity index (χ2v) is 4.43. The average molecular weight is 296 g/mol. The molecule has 0 atom stereocenters. The molecule has 0 bridgehead atoms. The van der Waals surface area contributed by atoms with Gasteiger partial charge in [0.05, 0.1) is 26.9 Å². The third-order valence-electron chi connectivity index (χ3n) is 3.05. The number of carbonyl (C=O) groups is 2. The number of benzene rings is 1. The standard InChI is InChI=1S/C15H20O6/c1-19-12-9-14(21-3)13(20-2)8-10(12)11(16)6-4-5-7-15(17)18/h8-9H,4-7H2,1-3H3,(H,17,18). The van der Waals surface area contributed by atoms with E-state index in [1.54, 1.807) is 12.1 Å². The normalized spacial score (nSPS) is 10.0. The zero-order valence-electron chi connectivity index (χ0n) is 12.5.